The Morgan fingerprint density at radius 3 is 2.28 bits per heavy atom. The van der Waals surface area contributed by atoms with Crippen molar-refractivity contribution in [3.05, 3.63) is 23.4 Å². The quantitative estimate of drug-likeness (QED) is 0.642. The molecule has 96 valence electrons. The summed E-state index contributed by atoms with van der Waals surface area (Å²) >= 11 is 0. The van der Waals surface area contributed by atoms with E-state index in [0.717, 1.165) is 27.8 Å². The number of nitrogens with one attached hydrogen (secondary N) is 1. The lowest BCUT2D eigenvalue weighted by molar-refractivity contribution is 0.410. The molecule has 2 rings (SSSR count). The topological polar surface area (TPSA) is 69.4 Å². The normalized spacial score (nSPS) is 10.5. The molecule has 0 saturated carbocycles. The first-order valence-corrected chi connectivity index (χ1v) is 5.62. The van der Waals surface area contributed by atoms with E-state index in [1.54, 1.807) is 14.2 Å². The van der Waals surface area contributed by atoms with Crippen molar-refractivity contribution in [2.75, 3.05) is 19.6 Å². The molecule has 0 saturated heterocycles. The summed E-state index contributed by atoms with van der Waals surface area (Å²) in [6, 6.07) is 3.68. The van der Waals surface area contributed by atoms with Gasteiger partial charge in [-0.1, -0.05) is 0 Å². The Balaban J connectivity index is 2.97. The number of aryl methyl sites for hydroxylation is 1. The van der Waals surface area contributed by atoms with Crippen LogP contribution in [-0.4, -0.2) is 19.2 Å². The van der Waals surface area contributed by atoms with Crippen LogP contribution in [0.25, 0.3) is 10.9 Å². The molecular formula is C13H17N3O2. The fourth-order valence-corrected chi connectivity index (χ4v) is 2.04. The first kappa shape index (κ1) is 12.4. The molecular weight excluding hydrogens is 230 g/mol. The smallest absolute Gasteiger partial charge is 0.145 e. The molecule has 18 heavy (non-hydrogen) atoms. The molecule has 5 heteroatoms. The molecule has 0 unspecified atom stereocenters. The molecule has 0 amide bonds. The van der Waals surface area contributed by atoms with Gasteiger partial charge in [0.15, 0.2) is 0 Å². The minimum Gasteiger partial charge on any atom is -0.496 e. The summed E-state index contributed by atoms with van der Waals surface area (Å²) in [4.78, 5) is 4.56. The van der Waals surface area contributed by atoms with E-state index in [1.807, 2.05) is 26.0 Å². The number of hydrazine groups is 1. The Morgan fingerprint density at radius 1 is 1.11 bits per heavy atom. The minimum absolute atomic E-state index is 0.699. The summed E-state index contributed by atoms with van der Waals surface area (Å²) in [6.07, 6.45) is 0. The van der Waals surface area contributed by atoms with Crippen LogP contribution < -0.4 is 20.7 Å². The van der Waals surface area contributed by atoms with Gasteiger partial charge in [-0.15, -0.1) is 0 Å². The number of nitrogen functional groups attached to an aromatic ring is 1. The summed E-state index contributed by atoms with van der Waals surface area (Å²) in [7, 11) is 3.24. The van der Waals surface area contributed by atoms with E-state index < -0.39 is 0 Å². The molecule has 0 radical (unpaired) electrons. The number of pyridine rings is 1. The van der Waals surface area contributed by atoms with Gasteiger partial charge < -0.3 is 14.9 Å². The second-order valence-electron chi connectivity index (χ2n) is 4.04. The van der Waals surface area contributed by atoms with Crippen LogP contribution in [-0.2, 0) is 0 Å². The van der Waals surface area contributed by atoms with Crippen molar-refractivity contribution in [2.45, 2.75) is 13.8 Å². The standard InChI is InChI=1S/C13H17N3O2/c1-7-8(2)15-13-10(18-4)6-5-9(17-3)11(13)12(7)16-14/h5-6H,14H2,1-4H3,(H,15,16). The molecule has 0 aliphatic rings. The lowest BCUT2D eigenvalue weighted by atomic mass is 10.1. The summed E-state index contributed by atoms with van der Waals surface area (Å²) in [6.45, 7) is 3.91. The van der Waals surface area contributed by atoms with Gasteiger partial charge in [0.05, 0.1) is 25.3 Å². The molecule has 5 nitrogen and oxygen atoms in total. The predicted octanol–water partition coefficient (Wildman–Crippen LogP) is 2.15. The number of ether oxygens (including phenoxy) is 2. The highest BCUT2D eigenvalue weighted by molar-refractivity contribution is 6.01. The molecule has 0 fully saturated rings. The van der Waals surface area contributed by atoms with Crippen molar-refractivity contribution in [1.29, 1.82) is 0 Å². The third-order valence-electron chi connectivity index (χ3n) is 3.13. The van der Waals surface area contributed by atoms with Crippen LogP contribution in [0.1, 0.15) is 11.3 Å². The largest absolute Gasteiger partial charge is 0.496 e. The number of anilines is 1. The van der Waals surface area contributed by atoms with E-state index in [9.17, 15) is 0 Å². The number of rotatable bonds is 3. The molecule has 3 N–H and O–H groups in total. The number of hydrogen-bond acceptors (Lipinski definition) is 5. The molecule has 2 aromatic rings. The van der Waals surface area contributed by atoms with E-state index in [-0.39, 0.29) is 0 Å². The number of nitrogens with zero attached hydrogens (tertiary/aromatic N) is 1. The van der Waals surface area contributed by atoms with Crippen molar-refractivity contribution in [3.8, 4) is 11.5 Å². The highest BCUT2D eigenvalue weighted by Crippen LogP contribution is 2.38. The van der Waals surface area contributed by atoms with Crippen molar-refractivity contribution in [3.63, 3.8) is 0 Å². The third kappa shape index (κ3) is 1.73. The SMILES string of the molecule is COc1ccc(OC)c2c(NN)c(C)c(C)nc12. The van der Waals surface area contributed by atoms with Crippen LogP contribution in [0.5, 0.6) is 11.5 Å². The monoisotopic (exact) mass is 247 g/mol. The Kier molecular flexibility index (Phi) is 3.25. The minimum atomic E-state index is 0.699. The summed E-state index contributed by atoms with van der Waals surface area (Å²) < 4.78 is 10.7. The van der Waals surface area contributed by atoms with Gasteiger partial charge in [0.2, 0.25) is 0 Å². The molecule has 0 aliphatic heterocycles. The molecule has 0 bridgehead atoms. The average Bonchev–Trinajstić information content (AvgIpc) is 2.39. The van der Waals surface area contributed by atoms with Crippen LogP contribution in [0, 0.1) is 13.8 Å². The number of aromatic nitrogens is 1. The Bertz CT molecular complexity index is 597. The molecule has 1 aromatic heterocycles. The van der Waals surface area contributed by atoms with Gasteiger partial charge in [0.1, 0.15) is 17.0 Å². The van der Waals surface area contributed by atoms with E-state index in [0.29, 0.717) is 11.5 Å². The molecule has 1 aromatic carbocycles. The molecule has 1 heterocycles. The Labute approximate surface area is 106 Å². The molecule has 0 aliphatic carbocycles. The van der Waals surface area contributed by atoms with Gasteiger partial charge in [-0.05, 0) is 31.5 Å². The summed E-state index contributed by atoms with van der Waals surface area (Å²) in [5.41, 5.74) is 6.19. The maximum Gasteiger partial charge on any atom is 0.145 e. The fraction of sp³-hybridized carbons (Fsp3) is 0.308. The number of fused-ring (bicyclic) bond motifs is 1. The third-order valence-corrected chi connectivity index (χ3v) is 3.13. The lowest BCUT2D eigenvalue weighted by Gasteiger charge is -2.16. The number of nitrogens with two attached hydrogens (primary N) is 1. The van der Waals surface area contributed by atoms with Crippen LogP contribution in [0.4, 0.5) is 5.69 Å². The van der Waals surface area contributed by atoms with Gasteiger partial charge in [0.25, 0.3) is 0 Å². The van der Waals surface area contributed by atoms with Crippen LogP contribution in [0.2, 0.25) is 0 Å². The van der Waals surface area contributed by atoms with Crippen molar-refractivity contribution >= 4 is 16.6 Å². The first-order chi connectivity index (χ1) is 8.63. The van der Waals surface area contributed by atoms with E-state index in [2.05, 4.69) is 10.4 Å². The zero-order chi connectivity index (χ0) is 13.3. The lowest BCUT2D eigenvalue weighted by Crippen LogP contribution is -2.11. The molecule has 0 atom stereocenters. The highest BCUT2D eigenvalue weighted by Gasteiger charge is 2.16. The summed E-state index contributed by atoms with van der Waals surface area (Å²) in [5.74, 6) is 7.04. The van der Waals surface area contributed by atoms with E-state index >= 15 is 0 Å². The number of benzene rings is 1. The van der Waals surface area contributed by atoms with Crippen molar-refractivity contribution < 1.29 is 9.47 Å². The van der Waals surface area contributed by atoms with Crippen LogP contribution in [0.15, 0.2) is 12.1 Å². The van der Waals surface area contributed by atoms with Crippen molar-refractivity contribution in [1.82, 2.24) is 4.98 Å². The Hall–Kier alpha value is -2.01. The number of methoxy groups -OCH3 is 2. The Morgan fingerprint density at radius 2 is 1.72 bits per heavy atom. The maximum absolute atomic E-state index is 5.63. The van der Waals surface area contributed by atoms with Crippen molar-refractivity contribution in [2.24, 2.45) is 5.84 Å². The maximum atomic E-state index is 5.63. The molecule has 0 spiro atoms. The highest BCUT2D eigenvalue weighted by atomic mass is 16.5. The first-order valence-electron chi connectivity index (χ1n) is 5.62. The van der Waals surface area contributed by atoms with Crippen LogP contribution >= 0.6 is 0 Å². The second kappa shape index (κ2) is 4.70. The second-order valence-corrected chi connectivity index (χ2v) is 4.04. The van der Waals surface area contributed by atoms with Crippen LogP contribution in [0.3, 0.4) is 0 Å². The fourth-order valence-electron chi connectivity index (χ4n) is 2.04. The van der Waals surface area contributed by atoms with Gasteiger partial charge in [-0.25, -0.2) is 4.98 Å². The van der Waals surface area contributed by atoms with Gasteiger partial charge in [-0.2, -0.15) is 0 Å². The predicted molar refractivity (Wildman–Crippen MR) is 72.1 cm³/mol. The summed E-state index contributed by atoms with van der Waals surface area (Å²) in [5, 5.41) is 0.836. The zero-order valence-corrected chi connectivity index (χ0v) is 11.0. The number of hydrogen-bond donors (Lipinski definition) is 2. The van der Waals surface area contributed by atoms with E-state index in [1.165, 1.54) is 0 Å². The van der Waals surface area contributed by atoms with Gasteiger partial charge >= 0.3 is 0 Å². The van der Waals surface area contributed by atoms with E-state index in [4.69, 9.17) is 15.3 Å². The zero-order valence-electron chi connectivity index (χ0n) is 11.0. The average molecular weight is 247 g/mol. The van der Waals surface area contributed by atoms with Gasteiger partial charge in [-0.3, -0.25) is 5.84 Å². The van der Waals surface area contributed by atoms with Gasteiger partial charge in [0, 0.05) is 5.69 Å².